The molecule has 0 spiro atoms. The average molecular weight is 391 g/mol. The molecular formula is C23H22N2O2S. The number of hydrogen-bond acceptors (Lipinski definition) is 3. The molecule has 3 aromatic rings. The van der Waals surface area contributed by atoms with Crippen molar-refractivity contribution in [3.63, 3.8) is 0 Å². The third-order valence-electron chi connectivity index (χ3n) is 5.24. The largest absolute Gasteiger partial charge is 0.365 e. The fourth-order valence-electron chi connectivity index (χ4n) is 3.72. The summed E-state index contributed by atoms with van der Waals surface area (Å²) in [6.45, 7) is 2.21. The normalized spacial score (nSPS) is 15.7. The predicted octanol–water partition coefficient (Wildman–Crippen LogP) is 4.89. The van der Waals surface area contributed by atoms with E-state index in [2.05, 4.69) is 12.2 Å². The number of primary amides is 1. The molecule has 0 saturated carbocycles. The number of anilines is 1. The number of carbonyl (C=O) groups is 2. The Morgan fingerprint density at radius 2 is 1.71 bits per heavy atom. The van der Waals surface area contributed by atoms with E-state index in [1.165, 1.54) is 16.2 Å². The van der Waals surface area contributed by atoms with Crippen LogP contribution in [-0.2, 0) is 12.8 Å². The standard InChI is InChI=1S/C23H22N2O2S/c1-14-7-12-18-19(13-14)28-23(20(18)21(24)26)25-22(27)17-10-8-16(9-11-17)15-5-3-2-4-6-15/h2-6,8-11,14H,7,12-13H2,1H3,(H2,24,26)(H,25,27). The minimum Gasteiger partial charge on any atom is -0.365 e. The summed E-state index contributed by atoms with van der Waals surface area (Å²) >= 11 is 1.48. The molecule has 4 nitrogen and oxygen atoms in total. The molecule has 1 atom stereocenters. The molecule has 0 aliphatic heterocycles. The molecule has 4 rings (SSSR count). The zero-order chi connectivity index (χ0) is 19.7. The van der Waals surface area contributed by atoms with Crippen molar-refractivity contribution < 1.29 is 9.59 Å². The van der Waals surface area contributed by atoms with Crippen LogP contribution < -0.4 is 11.1 Å². The molecule has 1 aliphatic carbocycles. The van der Waals surface area contributed by atoms with E-state index in [-0.39, 0.29) is 5.91 Å². The molecular weight excluding hydrogens is 368 g/mol. The molecule has 1 aliphatic rings. The monoisotopic (exact) mass is 390 g/mol. The summed E-state index contributed by atoms with van der Waals surface area (Å²) in [5.41, 5.74) is 9.84. The Hall–Kier alpha value is -2.92. The third-order valence-corrected chi connectivity index (χ3v) is 6.41. The van der Waals surface area contributed by atoms with Crippen molar-refractivity contribution in [1.82, 2.24) is 0 Å². The van der Waals surface area contributed by atoms with Gasteiger partial charge in [0.2, 0.25) is 0 Å². The first-order valence-corrected chi connectivity index (χ1v) is 10.3. The molecule has 0 saturated heterocycles. The zero-order valence-corrected chi connectivity index (χ0v) is 16.5. The highest BCUT2D eigenvalue weighted by molar-refractivity contribution is 7.17. The lowest BCUT2D eigenvalue weighted by molar-refractivity contribution is 0.1000. The summed E-state index contributed by atoms with van der Waals surface area (Å²) in [5, 5.41) is 3.49. The van der Waals surface area contributed by atoms with Gasteiger partial charge in [-0.3, -0.25) is 9.59 Å². The van der Waals surface area contributed by atoms with Gasteiger partial charge in [-0.25, -0.2) is 0 Å². The second kappa shape index (κ2) is 7.60. The molecule has 0 radical (unpaired) electrons. The van der Waals surface area contributed by atoms with Gasteiger partial charge in [0, 0.05) is 10.4 Å². The SMILES string of the molecule is CC1CCc2c(sc(NC(=O)c3ccc(-c4ccccc4)cc3)c2C(N)=O)C1. The van der Waals surface area contributed by atoms with E-state index in [0.717, 1.165) is 36.0 Å². The van der Waals surface area contributed by atoms with E-state index >= 15 is 0 Å². The number of carbonyl (C=O) groups excluding carboxylic acids is 2. The Kier molecular flexibility index (Phi) is 5.01. The van der Waals surface area contributed by atoms with Gasteiger partial charge in [0.05, 0.1) is 5.56 Å². The highest BCUT2D eigenvalue weighted by atomic mass is 32.1. The summed E-state index contributed by atoms with van der Waals surface area (Å²) in [6, 6.07) is 17.5. The fraction of sp³-hybridized carbons (Fsp3) is 0.217. The van der Waals surface area contributed by atoms with Crippen molar-refractivity contribution in [3.05, 3.63) is 76.2 Å². The topological polar surface area (TPSA) is 72.2 Å². The second-order valence-electron chi connectivity index (χ2n) is 7.32. The van der Waals surface area contributed by atoms with Gasteiger partial charge in [0.15, 0.2) is 0 Å². The van der Waals surface area contributed by atoms with Crippen LogP contribution in [0.4, 0.5) is 5.00 Å². The number of rotatable bonds is 4. The van der Waals surface area contributed by atoms with Crippen LogP contribution in [0.5, 0.6) is 0 Å². The van der Waals surface area contributed by atoms with Gasteiger partial charge in [-0.1, -0.05) is 49.4 Å². The maximum atomic E-state index is 12.8. The maximum absolute atomic E-state index is 12.8. The lowest BCUT2D eigenvalue weighted by Crippen LogP contribution is -2.19. The summed E-state index contributed by atoms with van der Waals surface area (Å²) in [6.07, 6.45) is 2.81. The summed E-state index contributed by atoms with van der Waals surface area (Å²) in [5.74, 6) is -0.114. The highest BCUT2D eigenvalue weighted by Gasteiger charge is 2.27. The van der Waals surface area contributed by atoms with E-state index in [0.29, 0.717) is 22.0 Å². The quantitative estimate of drug-likeness (QED) is 0.666. The number of thiophene rings is 1. The van der Waals surface area contributed by atoms with E-state index in [1.807, 2.05) is 42.5 Å². The van der Waals surface area contributed by atoms with Crippen LogP contribution in [0.2, 0.25) is 0 Å². The lowest BCUT2D eigenvalue weighted by atomic mass is 9.88. The molecule has 28 heavy (non-hydrogen) atoms. The van der Waals surface area contributed by atoms with Gasteiger partial charge in [0.1, 0.15) is 5.00 Å². The molecule has 2 amide bonds. The Morgan fingerprint density at radius 3 is 2.39 bits per heavy atom. The number of amides is 2. The molecule has 1 unspecified atom stereocenters. The van der Waals surface area contributed by atoms with Crippen molar-refractivity contribution in [2.24, 2.45) is 11.7 Å². The van der Waals surface area contributed by atoms with Crippen LogP contribution >= 0.6 is 11.3 Å². The summed E-state index contributed by atoms with van der Waals surface area (Å²) < 4.78 is 0. The molecule has 0 fully saturated rings. The molecule has 1 aromatic heterocycles. The smallest absolute Gasteiger partial charge is 0.256 e. The van der Waals surface area contributed by atoms with Crippen molar-refractivity contribution in [2.75, 3.05) is 5.32 Å². The van der Waals surface area contributed by atoms with Crippen LogP contribution in [0.1, 0.15) is 44.5 Å². The number of nitrogens with two attached hydrogens (primary N) is 1. The molecule has 2 aromatic carbocycles. The third kappa shape index (κ3) is 3.58. The summed E-state index contributed by atoms with van der Waals surface area (Å²) in [7, 11) is 0. The van der Waals surface area contributed by atoms with Crippen molar-refractivity contribution >= 4 is 28.2 Å². The van der Waals surface area contributed by atoms with Crippen molar-refractivity contribution in [3.8, 4) is 11.1 Å². The first kappa shape index (κ1) is 18.4. The van der Waals surface area contributed by atoms with E-state index in [4.69, 9.17) is 5.73 Å². The van der Waals surface area contributed by atoms with Gasteiger partial charge >= 0.3 is 0 Å². The molecule has 0 bridgehead atoms. The van der Waals surface area contributed by atoms with Gasteiger partial charge in [-0.05, 0) is 54.0 Å². The first-order chi connectivity index (χ1) is 13.5. The summed E-state index contributed by atoms with van der Waals surface area (Å²) in [4.78, 5) is 26.0. The Labute approximate surface area is 168 Å². The van der Waals surface area contributed by atoms with Gasteiger partial charge in [0.25, 0.3) is 11.8 Å². The molecule has 3 N–H and O–H groups in total. The number of nitrogens with one attached hydrogen (secondary N) is 1. The maximum Gasteiger partial charge on any atom is 0.256 e. The van der Waals surface area contributed by atoms with Crippen LogP contribution in [0.15, 0.2) is 54.6 Å². The van der Waals surface area contributed by atoms with Crippen LogP contribution in [0.25, 0.3) is 11.1 Å². The second-order valence-corrected chi connectivity index (χ2v) is 8.42. The highest BCUT2D eigenvalue weighted by Crippen LogP contribution is 2.39. The Morgan fingerprint density at radius 1 is 1.04 bits per heavy atom. The van der Waals surface area contributed by atoms with Gasteiger partial charge in [-0.2, -0.15) is 0 Å². The average Bonchev–Trinajstić information content (AvgIpc) is 3.05. The molecule has 1 heterocycles. The zero-order valence-electron chi connectivity index (χ0n) is 15.7. The van der Waals surface area contributed by atoms with Crippen LogP contribution in [0, 0.1) is 5.92 Å². The number of hydrogen-bond donors (Lipinski definition) is 2. The molecule has 142 valence electrons. The Bertz CT molecular complexity index is 1020. The Balaban J connectivity index is 1.58. The first-order valence-electron chi connectivity index (χ1n) is 9.44. The van der Waals surface area contributed by atoms with E-state index in [1.54, 1.807) is 12.1 Å². The minimum absolute atomic E-state index is 0.228. The van der Waals surface area contributed by atoms with Crippen LogP contribution in [0.3, 0.4) is 0 Å². The van der Waals surface area contributed by atoms with Crippen molar-refractivity contribution in [2.45, 2.75) is 26.2 Å². The van der Waals surface area contributed by atoms with Crippen molar-refractivity contribution in [1.29, 1.82) is 0 Å². The number of fused-ring (bicyclic) bond motifs is 1. The minimum atomic E-state index is -0.471. The fourth-order valence-corrected chi connectivity index (χ4v) is 5.13. The van der Waals surface area contributed by atoms with E-state index in [9.17, 15) is 9.59 Å². The van der Waals surface area contributed by atoms with Crippen LogP contribution in [-0.4, -0.2) is 11.8 Å². The molecule has 5 heteroatoms. The predicted molar refractivity (Wildman–Crippen MR) is 114 cm³/mol. The van der Waals surface area contributed by atoms with Gasteiger partial charge in [-0.15, -0.1) is 11.3 Å². The lowest BCUT2D eigenvalue weighted by Gasteiger charge is -2.18. The number of benzene rings is 2. The van der Waals surface area contributed by atoms with E-state index < -0.39 is 5.91 Å². The van der Waals surface area contributed by atoms with Gasteiger partial charge < -0.3 is 11.1 Å².